The zero-order valence-corrected chi connectivity index (χ0v) is 11.5. The summed E-state index contributed by atoms with van der Waals surface area (Å²) in [5.74, 6) is -1.18. The Morgan fingerprint density at radius 1 is 1.32 bits per heavy atom. The van der Waals surface area contributed by atoms with Gasteiger partial charge in [0.1, 0.15) is 0 Å². The number of sulfonamides is 1. The third kappa shape index (κ3) is 5.03. The number of carbonyl (C=O) groups excluding carboxylic acids is 1. The fourth-order valence-corrected chi connectivity index (χ4v) is 2.50. The Morgan fingerprint density at radius 3 is 2.37 bits per heavy atom. The lowest BCUT2D eigenvalue weighted by molar-refractivity contribution is -0.139. The topological polar surface area (TPSA) is 125 Å². The van der Waals surface area contributed by atoms with E-state index in [1.807, 2.05) is 0 Å². The number of hydrogen-bond acceptors (Lipinski definition) is 4. The van der Waals surface area contributed by atoms with Crippen LogP contribution in [0.25, 0.3) is 0 Å². The highest BCUT2D eigenvalue weighted by molar-refractivity contribution is 7.89. The van der Waals surface area contributed by atoms with Gasteiger partial charge in [-0.2, -0.15) is 0 Å². The van der Waals surface area contributed by atoms with Crippen molar-refractivity contribution in [2.45, 2.75) is 31.2 Å². The van der Waals surface area contributed by atoms with Crippen LogP contribution in [0.4, 0.5) is 4.79 Å². The third-order valence-corrected chi connectivity index (χ3v) is 4.51. The number of amides is 2. The lowest BCUT2D eigenvalue weighted by Gasteiger charge is -2.41. The summed E-state index contributed by atoms with van der Waals surface area (Å²) in [5.41, 5.74) is -0.683. The number of carboxylic acids is 1. The number of carbonyl (C=O) groups is 2. The van der Waals surface area contributed by atoms with Crippen molar-refractivity contribution in [3.8, 4) is 0 Å². The molecule has 0 aromatic rings. The Bertz CT molecular complexity index is 444. The van der Waals surface area contributed by atoms with Gasteiger partial charge in [0, 0.05) is 6.54 Å². The molecule has 0 bridgehead atoms. The summed E-state index contributed by atoms with van der Waals surface area (Å²) in [6, 6.07) is -0.535. The second-order valence-corrected chi connectivity index (χ2v) is 6.65. The van der Waals surface area contributed by atoms with Crippen LogP contribution in [0.15, 0.2) is 0 Å². The van der Waals surface area contributed by atoms with Gasteiger partial charge >= 0.3 is 12.0 Å². The molecule has 1 rings (SSSR count). The van der Waals surface area contributed by atoms with E-state index in [0.29, 0.717) is 12.8 Å². The van der Waals surface area contributed by atoms with Gasteiger partial charge in [0.25, 0.3) is 0 Å². The minimum atomic E-state index is -3.36. The molecule has 9 heteroatoms. The summed E-state index contributed by atoms with van der Waals surface area (Å²) >= 11 is 0. The number of aliphatic carboxylic acids is 1. The SMILES string of the molecule is CNS(=O)(=O)CCNC(=O)NC1(CC(=O)O)CCC1. The van der Waals surface area contributed by atoms with E-state index in [1.165, 1.54) is 7.05 Å². The van der Waals surface area contributed by atoms with Gasteiger partial charge in [-0.1, -0.05) is 0 Å². The number of hydrogen-bond donors (Lipinski definition) is 4. The van der Waals surface area contributed by atoms with Crippen LogP contribution in [0.5, 0.6) is 0 Å². The average molecular weight is 293 g/mol. The smallest absolute Gasteiger partial charge is 0.315 e. The van der Waals surface area contributed by atoms with Gasteiger partial charge in [-0.15, -0.1) is 0 Å². The Balaban J connectivity index is 2.36. The Labute approximate surface area is 112 Å². The zero-order valence-electron chi connectivity index (χ0n) is 10.7. The van der Waals surface area contributed by atoms with Crippen LogP contribution in [-0.4, -0.2) is 50.4 Å². The second-order valence-electron chi connectivity index (χ2n) is 4.61. The Hall–Kier alpha value is -1.35. The van der Waals surface area contributed by atoms with E-state index in [1.54, 1.807) is 0 Å². The predicted molar refractivity (Wildman–Crippen MR) is 68.2 cm³/mol. The van der Waals surface area contributed by atoms with Gasteiger partial charge in [0.15, 0.2) is 0 Å². The van der Waals surface area contributed by atoms with E-state index in [4.69, 9.17) is 5.11 Å². The van der Waals surface area contributed by atoms with E-state index in [0.717, 1.165) is 6.42 Å². The van der Waals surface area contributed by atoms with Gasteiger partial charge in [-0.05, 0) is 26.3 Å². The van der Waals surface area contributed by atoms with Crippen LogP contribution < -0.4 is 15.4 Å². The maximum Gasteiger partial charge on any atom is 0.315 e. The van der Waals surface area contributed by atoms with Gasteiger partial charge in [0.2, 0.25) is 10.0 Å². The van der Waals surface area contributed by atoms with Crippen LogP contribution in [0.3, 0.4) is 0 Å². The molecule has 0 heterocycles. The van der Waals surface area contributed by atoms with Crippen LogP contribution in [0.2, 0.25) is 0 Å². The van der Waals surface area contributed by atoms with Gasteiger partial charge in [-0.25, -0.2) is 17.9 Å². The maximum absolute atomic E-state index is 11.6. The molecule has 110 valence electrons. The van der Waals surface area contributed by atoms with Crippen molar-refractivity contribution in [3.63, 3.8) is 0 Å². The molecule has 8 nitrogen and oxygen atoms in total. The van der Waals surface area contributed by atoms with Crippen LogP contribution in [-0.2, 0) is 14.8 Å². The minimum Gasteiger partial charge on any atom is -0.481 e. The molecule has 2 amide bonds. The maximum atomic E-state index is 11.6. The normalized spacial score (nSPS) is 17.3. The summed E-state index contributed by atoms with van der Waals surface area (Å²) in [4.78, 5) is 22.3. The molecule has 0 radical (unpaired) electrons. The largest absolute Gasteiger partial charge is 0.481 e. The lowest BCUT2D eigenvalue weighted by Crippen LogP contribution is -2.57. The molecule has 4 N–H and O–H groups in total. The van der Waals surface area contributed by atoms with Crippen LogP contribution in [0.1, 0.15) is 25.7 Å². The monoisotopic (exact) mass is 293 g/mol. The molecule has 0 saturated heterocycles. The molecule has 1 aliphatic carbocycles. The molecule has 1 fully saturated rings. The molecule has 19 heavy (non-hydrogen) atoms. The van der Waals surface area contributed by atoms with Crippen molar-refractivity contribution >= 4 is 22.0 Å². The second kappa shape index (κ2) is 6.20. The zero-order chi connectivity index (χ0) is 14.5. The summed E-state index contributed by atoms with van der Waals surface area (Å²) in [6.07, 6.45) is 2.01. The molecule has 0 unspecified atom stereocenters. The number of rotatable bonds is 7. The molecule has 0 spiro atoms. The highest BCUT2D eigenvalue weighted by atomic mass is 32.2. The van der Waals surface area contributed by atoms with E-state index in [2.05, 4.69) is 15.4 Å². The van der Waals surface area contributed by atoms with Crippen molar-refractivity contribution in [3.05, 3.63) is 0 Å². The third-order valence-electron chi connectivity index (χ3n) is 3.15. The van der Waals surface area contributed by atoms with Crippen molar-refractivity contribution in [1.29, 1.82) is 0 Å². The highest BCUT2D eigenvalue weighted by Crippen LogP contribution is 2.34. The van der Waals surface area contributed by atoms with E-state index < -0.39 is 27.6 Å². The fraction of sp³-hybridized carbons (Fsp3) is 0.800. The molecule has 1 saturated carbocycles. The van der Waals surface area contributed by atoms with Crippen molar-refractivity contribution in [2.75, 3.05) is 19.3 Å². The Morgan fingerprint density at radius 2 is 1.95 bits per heavy atom. The van der Waals surface area contributed by atoms with Crippen LogP contribution in [0, 0.1) is 0 Å². The summed E-state index contributed by atoms with van der Waals surface area (Å²) < 4.78 is 24.4. The first-order valence-corrected chi connectivity index (χ1v) is 7.63. The van der Waals surface area contributed by atoms with Crippen molar-refractivity contribution in [2.24, 2.45) is 0 Å². The molecule has 0 aromatic heterocycles. The summed E-state index contributed by atoms with van der Waals surface area (Å²) in [6.45, 7) is -0.0296. The molecule has 0 aliphatic heterocycles. The molecular formula is C10H19N3O5S. The number of nitrogens with one attached hydrogen (secondary N) is 3. The lowest BCUT2D eigenvalue weighted by atomic mass is 9.74. The highest BCUT2D eigenvalue weighted by Gasteiger charge is 2.40. The van der Waals surface area contributed by atoms with Crippen molar-refractivity contribution < 1.29 is 23.1 Å². The first-order chi connectivity index (χ1) is 8.79. The standard InChI is InChI=1S/C10H19N3O5S/c1-11-19(17,18)6-5-12-9(16)13-10(3-2-4-10)7-8(14)15/h11H,2-7H2,1H3,(H,14,15)(H2,12,13,16). The average Bonchev–Trinajstić information content (AvgIpc) is 2.25. The Kier molecular flexibility index (Phi) is 5.12. The quantitative estimate of drug-likeness (QED) is 0.491. The van der Waals surface area contributed by atoms with E-state index >= 15 is 0 Å². The van der Waals surface area contributed by atoms with Crippen molar-refractivity contribution in [1.82, 2.24) is 15.4 Å². The number of urea groups is 1. The van der Waals surface area contributed by atoms with E-state index in [9.17, 15) is 18.0 Å². The molecule has 0 atom stereocenters. The number of carboxylic acid groups (broad SMARTS) is 1. The first kappa shape index (κ1) is 15.7. The molecular weight excluding hydrogens is 274 g/mol. The summed E-state index contributed by atoms with van der Waals surface area (Å²) in [7, 11) is -2.06. The predicted octanol–water partition coefficient (Wildman–Crippen LogP) is -0.768. The molecule has 0 aromatic carbocycles. The molecule has 1 aliphatic rings. The van der Waals surface area contributed by atoms with Gasteiger partial charge in [-0.3, -0.25) is 4.79 Å². The van der Waals surface area contributed by atoms with E-state index in [-0.39, 0.29) is 18.7 Å². The summed E-state index contributed by atoms with van der Waals surface area (Å²) in [5, 5.41) is 13.8. The van der Waals surface area contributed by atoms with Gasteiger partial charge < -0.3 is 15.7 Å². The fourth-order valence-electron chi connectivity index (χ4n) is 1.93. The first-order valence-electron chi connectivity index (χ1n) is 5.98. The van der Waals surface area contributed by atoms with Gasteiger partial charge in [0.05, 0.1) is 17.7 Å². The van der Waals surface area contributed by atoms with Crippen LogP contribution >= 0.6 is 0 Å². The minimum absolute atomic E-state index is 0.0296.